The summed E-state index contributed by atoms with van der Waals surface area (Å²) in [5.41, 5.74) is 3.87. The number of hydrogen-bond donors (Lipinski definition) is 0. The summed E-state index contributed by atoms with van der Waals surface area (Å²) in [6.45, 7) is 0.692. The fraction of sp³-hybridized carbons (Fsp3) is 0.240. The van der Waals surface area contributed by atoms with Crippen molar-refractivity contribution in [3.05, 3.63) is 67.0 Å². The van der Waals surface area contributed by atoms with Crippen molar-refractivity contribution in [3.8, 4) is 34.1 Å². The lowest BCUT2D eigenvalue weighted by Crippen LogP contribution is -2.19. The van der Waals surface area contributed by atoms with E-state index in [1.54, 1.807) is 42.4 Å². The zero-order valence-corrected chi connectivity index (χ0v) is 19.0. The van der Waals surface area contributed by atoms with E-state index in [-0.39, 0.29) is 6.23 Å². The number of methoxy groups -OCH3 is 1. The number of halogens is 1. The van der Waals surface area contributed by atoms with Crippen LogP contribution in [0.4, 0.5) is 4.39 Å². The van der Waals surface area contributed by atoms with Gasteiger partial charge in [-0.1, -0.05) is 11.3 Å². The van der Waals surface area contributed by atoms with Gasteiger partial charge >= 0.3 is 0 Å². The zero-order valence-electron chi connectivity index (χ0n) is 19.0. The normalized spacial score (nSPS) is 16.0. The number of pyridine rings is 2. The smallest absolute Gasteiger partial charge is 0.239 e. The quantitative estimate of drug-likeness (QED) is 0.346. The molecule has 1 aliphatic heterocycles. The van der Waals surface area contributed by atoms with Gasteiger partial charge in [0.15, 0.2) is 6.23 Å². The van der Waals surface area contributed by atoms with E-state index in [1.807, 2.05) is 28.9 Å². The summed E-state index contributed by atoms with van der Waals surface area (Å²) < 4.78 is 29.4. The Balaban J connectivity index is 1.51. The molecular formula is C25H22FN7O2. The molecule has 6 rings (SSSR count). The fourth-order valence-corrected chi connectivity index (χ4v) is 4.44. The monoisotopic (exact) mass is 471 g/mol. The molecule has 5 heterocycles. The first-order valence-corrected chi connectivity index (χ1v) is 11.4. The van der Waals surface area contributed by atoms with Crippen molar-refractivity contribution in [1.29, 1.82) is 0 Å². The van der Waals surface area contributed by atoms with Crippen LogP contribution in [0, 0.1) is 5.95 Å². The average Bonchev–Trinajstić information content (AvgIpc) is 3.54. The first-order chi connectivity index (χ1) is 17.2. The Morgan fingerprint density at radius 3 is 2.80 bits per heavy atom. The highest BCUT2D eigenvalue weighted by atomic mass is 19.1. The summed E-state index contributed by atoms with van der Waals surface area (Å²) in [5.74, 6) is -0.0877. The molecule has 0 amide bonds. The van der Waals surface area contributed by atoms with Crippen molar-refractivity contribution < 1.29 is 13.9 Å². The minimum Gasteiger partial charge on any atom is -0.479 e. The summed E-state index contributed by atoms with van der Waals surface area (Å²) >= 11 is 0. The first-order valence-electron chi connectivity index (χ1n) is 11.4. The standard InChI is InChI=1S/C25H22FN7O2/c1-34-25-21(7-5-12-28-25)32-15-19(29-31-32)23-18-14-16(17-6-4-11-27-24(17)26)9-10-20(18)33(30-23)22-8-2-3-13-35-22/h4-7,9-12,14-15,22H,2-3,8,13H2,1H3. The summed E-state index contributed by atoms with van der Waals surface area (Å²) in [7, 11) is 1.56. The molecular weight excluding hydrogens is 449 g/mol. The van der Waals surface area contributed by atoms with Gasteiger partial charge in [0.25, 0.3) is 0 Å². The molecule has 10 heteroatoms. The predicted molar refractivity (Wildman–Crippen MR) is 126 cm³/mol. The molecule has 1 fully saturated rings. The second kappa shape index (κ2) is 8.88. The summed E-state index contributed by atoms with van der Waals surface area (Å²) in [6.07, 6.45) is 7.67. The second-order valence-electron chi connectivity index (χ2n) is 8.27. The van der Waals surface area contributed by atoms with Crippen LogP contribution in [0.2, 0.25) is 0 Å². The molecule has 0 spiro atoms. The molecule has 0 aliphatic carbocycles. The molecule has 0 bridgehead atoms. The molecule has 0 saturated carbocycles. The van der Waals surface area contributed by atoms with Crippen LogP contribution in [-0.4, -0.2) is 48.5 Å². The van der Waals surface area contributed by atoms with Crippen molar-refractivity contribution in [2.45, 2.75) is 25.5 Å². The van der Waals surface area contributed by atoms with E-state index in [1.165, 1.54) is 6.20 Å². The van der Waals surface area contributed by atoms with Gasteiger partial charge in [-0.2, -0.15) is 9.49 Å². The van der Waals surface area contributed by atoms with Crippen LogP contribution in [0.3, 0.4) is 0 Å². The lowest BCUT2D eigenvalue weighted by atomic mass is 10.0. The van der Waals surface area contributed by atoms with E-state index in [0.29, 0.717) is 40.7 Å². The molecule has 0 N–H and O–H groups in total. The molecule has 5 aromatic rings. The molecule has 1 unspecified atom stereocenters. The van der Waals surface area contributed by atoms with E-state index in [0.717, 1.165) is 30.2 Å². The molecule has 0 radical (unpaired) electrons. The number of fused-ring (bicyclic) bond motifs is 1. The van der Waals surface area contributed by atoms with Gasteiger partial charge in [0.05, 0.1) is 18.8 Å². The van der Waals surface area contributed by atoms with Crippen LogP contribution in [0.15, 0.2) is 61.1 Å². The van der Waals surface area contributed by atoms with E-state index in [4.69, 9.17) is 14.6 Å². The lowest BCUT2D eigenvalue weighted by Gasteiger charge is -2.23. The van der Waals surface area contributed by atoms with E-state index >= 15 is 0 Å². The summed E-state index contributed by atoms with van der Waals surface area (Å²) in [5, 5.41) is 14.4. The highest BCUT2D eigenvalue weighted by Gasteiger charge is 2.24. The van der Waals surface area contributed by atoms with Crippen molar-refractivity contribution in [2.75, 3.05) is 13.7 Å². The van der Waals surface area contributed by atoms with E-state index in [9.17, 15) is 4.39 Å². The maximum atomic E-state index is 14.5. The maximum absolute atomic E-state index is 14.5. The third-order valence-corrected chi connectivity index (χ3v) is 6.13. The molecule has 35 heavy (non-hydrogen) atoms. The Morgan fingerprint density at radius 2 is 1.97 bits per heavy atom. The Bertz CT molecular complexity index is 1510. The van der Waals surface area contributed by atoms with Gasteiger partial charge in [-0.05, 0) is 61.2 Å². The van der Waals surface area contributed by atoms with Crippen molar-refractivity contribution in [3.63, 3.8) is 0 Å². The van der Waals surface area contributed by atoms with Gasteiger partial charge < -0.3 is 9.47 Å². The Morgan fingerprint density at radius 1 is 1.09 bits per heavy atom. The lowest BCUT2D eigenvalue weighted by molar-refractivity contribution is -0.0365. The van der Waals surface area contributed by atoms with E-state index in [2.05, 4.69) is 20.3 Å². The zero-order chi connectivity index (χ0) is 23.8. The van der Waals surface area contributed by atoms with E-state index < -0.39 is 5.95 Å². The maximum Gasteiger partial charge on any atom is 0.239 e. The van der Waals surface area contributed by atoms with Crippen molar-refractivity contribution in [2.24, 2.45) is 0 Å². The number of aromatic nitrogens is 7. The Labute approximate surface area is 200 Å². The molecule has 176 valence electrons. The fourth-order valence-electron chi connectivity index (χ4n) is 4.44. The molecule has 9 nitrogen and oxygen atoms in total. The van der Waals surface area contributed by atoms with Gasteiger partial charge in [0.2, 0.25) is 11.8 Å². The molecule has 1 atom stereocenters. The number of nitrogens with zero attached hydrogens (tertiary/aromatic N) is 7. The van der Waals surface area contributed by atoms with Crippen molar-refractivity contribution in [1.82, 2.24) is 34.7 Å². The topological polar surface area (TPSA) is 92.8 Å². The van der Waals surface area contributed by atoms with Gasteiger partial charge in [-0.3, -0.25) is 0 Å². The van der Waals surface area contributed by atoms with Gasteiger partial charge in [0, 0.05) is 30.0 Å². The van der Waals surface area contributed by atoms with Crippen LogP contribution in [-0.2, 0) is 4.74 Å². The molecule has 4 aromatic heterocycles. The molecule has 1 aliphatic rings. The summed E-state index contributed by atoms with van der Waals surface area (Å²) in [6, 6.07) is 12.8. The third kappa shape index (κ3) is 3.81. The first kappa shape index (κ1) is 21.4. The Kier molecular flexibility index (Phi) is 5.42. The number of hydrogen-bond acceptors (Lipinski definition) is 7. The minimum atomic E-state index is -0.522. The van der Waals surface area contributed by atoms with Gasteiger partial charge in [-0.15, -0.1) is 5.10 Å². The van der Waals surface area contributed by atoms with Crippen molar-refractivity contribution >= 4 is 10.9 Å². The highest BCUT2D eigenvalue weighted by Crippen LogP contribution is 2.35. The number of benzene rings is 1. The van der Waals surface area contributed by atoms with Crippen LogP contribution >= 0.6 is 0 Å². The second-order valence-corrected chi connectivity index (χ2v) is 8.27. The Hall–Kier alpha value is -4.18. The van der Waals surface area contributed by atoms with Crippen LogP contribution < -0.4 is 4.74 Å². The number of ether oxygens (including phenoxy) is 2. The summed E-state index contributed by atoms with van der Waals surface area (Å²) in [4.78, 5) is 8.03. The van der Waals surface area contributed by atoms with Gasteiger partial charge in [0.1, 0.15) is 17.1 Å². The highest BCUT2D eigenvalue weighted by molar-refractivity contribution is 5.95. The van der Waals surface area contributed by atoms with Crippen LogP contribution in [0.5, 0.6) is 5.88 Å². The largest absolute Gasteiger partial charge is 0.479 e. The number of rotatable bonds is 5. The average molecular weight is 471 g/mol. The van der Waals surface area contributed by atoms with Crippen LogP contribution in [0.1, 0.15) is 25.5 Å². The molecule has 1 aromatic carbocycles. The SMILES string of the molecule is COc1ncccc1-n1cc(-c2nn(C3CCCCO3)c3ccc(-c4cccnc4F)cc23)nn1. The van der Waals surface area contributed by atoms with Gasteiger partial charge in [-0.25, -0.2) is 19.3 Å². The molecule has 1 saturated heterocycles. The predicted octanol–water partition coefficient (Wildman–Crippen LogP) is 4.59. The van der Waals surface area contributed by atoms with Crippen LogP contribution in [0.25, 0.3) is 39.1 Å². The third-order valence-electron chi connectivity index (χ3n) is 6.13. The minimum absolute atomic E-state index is 0.172.